The van der Waals surface area contributed by atoms with Crippen molar-refractivity contribution >= 4 is 11.6 Å². The van der Waals surface area contributed by atoms with E-state index in [1.807, 2.05) is 19.9 Å². The summed E-state index contributed by atoms with van der Waals surface area (Å²) >= 11 is 0. The third-order valence-corrected chi connectivity index (χ3v) is 2.13. The van der Waals surface area contributed by atoms with Crippen LogP contribution in [0.1, 0.15) is 13.8 Å². The standard InChI is InChI=1S/C12H17N3O2/c1-9(2)5-6-14-11(16)8-15-7-10(13)3-4-12(15)17/h3-5,7H,6,8,13H2,1-2H3,(H,14,16). The molecule has 92 valence electrons. The van der Waals surface area contributed by atoms with Crippen LogP contribution in [0.15, 0.2) is 34.8 Å². The highest BCUT2D eigenvalue weighted by Gasteiger charge is 2.03. The Labute approximate surface area is 99.9 Å². The Balaban J connectivity index is 2.59. The molecule has 17 heavy (non-hydrogen) atoms. The van der Waals surface area contributed by atoms with Gasteiger partial charge in [-0.2, -0.15) is 0 Å². The molecule has 0 aliphatic carbocycles. The fourth-order valence-electron chi connectivity index (χ4n) is 1.25. The Morgan fingerprint density at radius 2 is 2.18 bits per heavy atom. The molecular weight excluding hydrogens is 218 g/mol. The van der Waals surface area contributed by atoms with Gasteiger partial charge in [-0.25, -0.2) is 0 Å². The monoisotopic (exact) mass is 235 g/mol. The molecule has 1 rings (SSSR count). The Bertz CT molecular complexity index is 485. The first kappa shape index (κ1) is 13.0. The van der Waals surface area contributed by atoms with E-state index < -0.39 is 0 Å². The first-order valence-corrected chi connectivity index (χ1v) is 5.35. The molecule has 0 aromatic carbocycles. The summed E-state index contributed by atoms with van der Waals surface area (Å²) in [6, 6.07) is 2.86. The maximum atomic E-state index is 11.5. The number of pyridine rings is 1. The molecule has 0 spiro atoms. The topological polar surface area (TPSA) is 77.1 Å². The number of aromatic nitrogens is 1. The third kappa shape index (κ3) is 4.55. The SMILES string of the molecule is CC(C)=CCNC(=O)Cn1cc(N)ccc1=O. The Morgan fingerprint density at radius 3 is 2.82 bits per heavy atom. The van der Waals surface area contributed by atoms with Gasteiger partial charge in [0, 0.05) is 24.5 Å². The van der Waals surface area contributed by atoms with Gasteiger partial charge in [-0.3, -0.25) is 9.59 Å². The number of carbonyl (C=O) groups is 1. The fraction of sp³-hybridized carbons (Fsp3) is 0.333. The number of nitrogens with two attached hydrogens (primary N) is 1. The van der Waals surface area contributed by atoms with Crippen molar-refractivity contribution in [1.82, 2.24) is 9.88 Å². The van der Waals surface area contributed by atoms with E-state index in [-0.39, 0.29) is 18.0 Å². The van der Waals surface area contributed by atoms with Gasteiger partial charge in [-0.15, -0.1) is 0 Å². The smallest absolute Gasteiger partial charge is 0.251 e. The number of hydrogen-bond donors (Lipinski definition) is 2. The Morgan fingerprint density at radius 1 is 1.47 bits per heavy atom. The molecule has 0 aliphatic rings. The number of anilines is 1. The number of allylic oxidation sites excluding steroid dienone is 1. The predicted molar refractivity (Wildman–Crippen MR) is 67.6 cm³/mol. The summed E-state index contributed by atoms with van der Waals surface area (Å²) in [6.45, 7) is 4.36. The summed E-state index contributed by atoms with van der Waals surface area (Å²) in [5.41, 5.74) is 6.89. The Hall–Kier alpha value is -2.04. The number of nitrogens with zero attached hydrogens (tertiary/aromatic N) is 1. The maximum absolute atomic E-state index is 11.5. The van der Waals surface area contributed by atoms with Crippen molar-refractivity contribution in [2.45, 2.75) is 20.4 Å². The van der Waals surface area contributed by atoms with Gasteiger partial charge < -0.3 is 15.6 Å². The quantitative estimate of drug-likeness (QED) is 0.747. The van der Waals surface area contributed by atoms with Crippen LogP contribution in [0.3, 0.4) is 0 Å². The van der Waals surface area contributed by atoms with Crippen LogP contribution >= 0.6 is 0 Å². The van der Waals surface area contributed by atoms with Gasteiger partial charge >= 0.3 is 0 Å². The van der Waals surface area contributed by atoms with Crippen LogP contribution in [0.5, 0.6) is 0 Å². The molecule has 3 N–H and O–H groups in total. The number of nitrogen functional groups attached to an aromatic ring is 1. The molecule has 0 radical (unpaired) electrons. The van der Waals surface area contributed by atoms with Crippen LogP contribution in [0.2, 0.25) is 0 Å². The van der Waals surface area contributed by atoms with Crippen LogP contribution in [0.4, 0.5) is 5.69 Å². The van der Waals surface area contributed by atoms with E-state index in [2.05, 4.69) is 5.32 Å². The summed E-state index contributed by atoms with van der Waals surface area (Å²) in [4.78, 5) is 22.9. The molecular formula is C12H17N3O2. The Kier molecular flexibility index (Phi) is 4.51. The normalized spacial score (nSPS) is 9.76. The summed E-state index contributed by atoms with van der Waals surface area (Å²) in [6.07, 6.45) is 3.36. The third-order valence-electron chi connectivity index (χ3n) is 2.13. The van der Waals surface area contributed by atoms with Gasteiger partial charge in [0.25, 0.3) is 5.56 Å². The van der Waals surface area contributed by atoms with Crippen molar-refractivity contribution < 1.29 is 4.79 Å². The minimum absolute atomic E-state index is 0.0134. The molecule has 1 aromatic heterocycles. The van der Waals surface area contributed by atoms with Crippen molar-refractivity contribution in [3.63, 3.8) is 0 Å². The van der Waals surface area contributed by atoms with E-state index in [1.165, 1.54) is 22.9 Å². The lowest BCUT2D eigenvalue weighted by atomic mass is 10.3. The summed E-state index contributed by atoms with van der Waals surface area (Å²) in [5, 5.41) is 2.69. The molecule has 0 aliphatic heterocycles. The maximum Gasteiger partial charge on any atom is 0.251 e. The van der Waals surface area contributed by atoms with E-state index in [4.69, 9.17) is 5.73 Å². The van der Waals surface area contributed by atoms with Crippen LogP contribution in [-0.4, -0.2) is 17.0 Å². The first-order valence-electron chi connectivity index (χ1n) is 5.35. The van der Waals surface area contributed by atoms with Crippen molar-refractivity contribution in [3.05, 3.63) is 40.3 Å². The van der Waals surface area contributed by atoms with E-state index in [0.717, 1.165) is 5.57 Å². The molecule has 5 heteroatoms. The zero-order chi connectivity index (χ0) is 12.8. The largest absolute Gasteiger partial charge is 0.398 e. The first-order chi connectivity index (χ1) is 7.99. The summed E-state index contributed by atoms with van der Waals surface area (Å²) in [7, 11) is 0. The van der Waals surface area contributed by atoms with Gasteiger partial charge in [0.05, 0.1) is 0 Å². The van der Waals surface area contributed by atoms with Crippen molar-refractivity contribution in [1.29, 1.82) is 0 Å². The van der Waals surface area contributed by atoms with E-state index in [9.17, 15) is 9.59 Å². The highest BCUT2D eigenvalue weighted by atomic mass is 16.2. The summed E-state index contributed by atoms with van der Waals surface area (Å²) in [5.74, 6) is -0.213. The number of hydrogen-bond acceptors (Lipinski definition) is 3. The second-order valence-electron chi connectivity index (χ2n) is 4.01. The number of amides is 1. The van der Waals surface area contributed by atoms with Gasteiger partial charge in [-0.1, -0.05) is 11.6 Å². The molecule has 1 amide bonds. The van der Waals surface area contributed by atoms with Gasteiger partial charge in [-0.05, 0) is 19.9 Å². The lowest BCUT2D eigenvalue weighted by Crippen LogP contribution is -2.32. The van der Waals surface area contributed by atoms with Crippen molar-refractivity contribution in [3.8, 4) is 0 Å². The number of carbonyl (C=O) groups excluding carboxylic acids is 1. The lowest BCUT2D eigenvalue weighted by molar-refractivity contribution is -0.121. The predicted octanol–water partition coefficient (Wildman–Crippen LogP) is 0.513. The van der Waals surface area contributed by atoms with Gasteiger partial charge in [0.1, 0.15) is 6.54 Å². The molecule has 0 saturated heterocycles. The molecule has 5 nitrogen and oxygen atoms in total. The van der Waals surface area contributed by atoms with E-state index >= 15 is 0 Å². The van der Waals surface area contributed by atoms with Crippen LogP contribution in [-0.2, 0) is 11.3 Å². The molecule has 0 saturated carbocycles. The highest BCUT2D eigenvalue weighted by molar-refractivity contribution is 5.75. The van der Waals surface area contributed by atoms with Gasteiger partial charge in [0.2, 0.25) is 5.91 Å². The molecule has 0 bridgehead atoms. The molecule has 0 fully saturated rings. The lowest BCUT2D eigenvalue weighted by Gasteiger charge is -2.06. The number of nitrogens with one attached hydrogen (secondary N) is 1. The fourth-order valence-corrected chi connectivity index (χ4v) is 1.25. The van der Waals surface area contributed by atoms with Crippen molar-refractivity contribution in [2.24, 2.45) is 0 Å². The van der Waals surface area contributed by atoms with Crippen LogP contribution in [0, 0.1) is 0 Å². The minimum atomic E-state index is -0.239. The number of rotatable bonds is 4. The second kappa shape index (κ2) is 5.89. The second-order valence-corrected chi connectivity index (χ2v) is 4.01. The van der Waals surface area contributed by atoms with E-state index in [0.29, 0.717) is 12.2 Å². The van der Waals surface area contributed by atoms with Crippen LogP contribution in [0.25, 0.3) is 0 Å². The average Bonchev–Trinajstić information content (AvgIpc) is 2.23. The van der Waals surface area contributed by atoms with Crippen molar-refractivity contribution in [2.75, 3.05) is 12.3 Å². The zero-order valence-corrected chi connectivity index (χ0v) is 10.1. The minimum Gasteiger partial charge on any atom is -0.398 e. The van der Waals surface area contributed by atoms with E-state index in [1.54, 1.807) is 0 Å². The summed E-state index contributed by atoms with van der Waals surface area (Å²) < 4.78 is 1.28. The molecule has 0 atom stereocenters. The van der Waals surface area contributed by atoms with Gasteiger partial charge in [0.15, 0.2) is 0 Å². The highest BCUT2D eigenvalue weighted by Crippen LogP contribution is 1.95. The molecule has 1 heterocycles. The van der Waals surface area contributed by atoms with Crippen LogP contribution < -0.4 is 16.6 Å². The zero-order valence-electron chi connectivity index (χ0n) is 10.1. The molecule has 1 aromatic rings. The molecule has 0 unspecified atom stereocenters. The average molecular weight is 235 g/mol.